The van der Waals surface area contributed by atoms with Crippen molar-refractivity contribution in [3.63, 3.8) is 0 Å². The molecule has 1 saturated carbocycles. The van der Waals surface area contributed by atoms with Gasteiger partial charge in [0.05, 0.1) is 22.4 Å². The number of rotatable bonds is 5. The summed E-state index contributed by atoms with van der Waals surface area (Å²) >= 11 is 2.74. The Balaban J connectivity index is 1.40. The number of thioether (sulfide) groups is 1. The van der Waals surface area contributed by atoms with Crippen molar-refractivity contribution in [1.29, 1.82) is 0 Å². The first-order valence-corrected chi connectivity index (χ1v) is 13.2. The van der Waals surface area contributed by atoms with Crippen molar-refractivity contribution in [3.8, 4) is 11.1 Å². The highest BCUT2D eigenvalue weighted by atomic mass is 32.2. The van der Waals surface area contributed by atoms with Crippen molar-refractivity contribution in [3.05, 3.63) is 81.5 Å². The Kier molecular flexibility index (Phi) is 5.34. The average Bonchev–Trinajstić information content (AvgIpc) is 3.59. The van der Waals surface area contributed by atoms with Crippen LogP contribution in [0.3, 0.4) is 0 Å². The second-order valence-corrected chi connectivity index (χ2v) is 10.3. The average molecular weight is 488 g/mol. The number of aromatic nitrogens is 2. The summed E-state index contributed by atoms with van der Waals surface area (Å²) in [6, 6.07) is 16.9. The largest absolute Gasteiger partial charge is 0.284 e. The maximum atomic E-state index is 13.9. The Labute approximate surface area is 204 Å². The molecule has 3 heterocycles. The minimum atomic E-state index is -0.300. The lowest BCUT2D eigenvalue weighted by molar-refractivity contribution is 0.0684. The first-order chi connectivity index (χ1) is 16.6. The monoisotopic (exact) mass is 487 g/mol. The van der Waals surface area contributed by atoms with Crippen molar-refractivity contribution < 1.29 is 9.59 Å². The van der Waals surface area contributed by atoms with Crippen LogP contribution in [0.15, 0.2) is 69.9 Å². The van der Waals surface area contributed by atoms with Gasteiger partial charge in [-0.25, -0.2) is 4.98 Å². The van der Waals surface area contributed by atoms with E-state index in [9.17, 15) is 14.4 Å². The number of carbonyl (C=O) groups excluding carboxylic acids is 2. The molecule has 4 aromatic rings. The van der Waals surface area contributed by atoms with Crippen molar-refractivity contribution in [2.75, 3.05) is 5.88 Å². The lowest BCUT2D eigenvalue weighted by atomic mass is 10.1. The van der Waals surface area contributed by atoms with Crippen LogP contribution in [0.25, 0.3) is 21.3 Å². The predicted molar refractivity (Wildman–Crippen MR) is 134 cm³/mol. The predicted octanol–water partition coefficient (Wildman–Crippen LogP) is 5.59. The van der Waals surface area contributed by atoms with E-state index >= 15 is 0 Å². The first-order valence-electron chi connectivity index (χ1n) is 11.3. The van der Waals surface area contributed by atoms with Crippen molar-refractivity contribution in [1.82, 2.24) is 14.5 Å². The molecule has 1 aliphatic carbocycles. The Morgan fingerprint density at radius 3 is 2.21 bits per heavy atom. The van der Waals surface area contributed by atoms with Gasteiger partial charge in [-0.3, -0.25) is 23.9 Å². The van der Waals surface area contributed by atoms with Gasteiger partial charge in [0.1, 0.15) is 4.83 Å². The van der Waals surface area contributed by atoms with Gasteiger partial charge in [0.15, 0.2) is 5.16 Å². The molecule has 0 radical (unpaired) electrons. The van der Waals surface area contributed by atoms with Crippen LogP contribution in [0.5, 0.6) is 0 Å². The molecule has 1 fully saturated rings. The second kappa shape index (κ2) is 8.52. The number of thiophene rings is 1. The summed E-state index contributed by atoms with van der Waals surface area (Å²) in [5.41, 5.74) is 2.71. The third-order valence-corrected chi connectivity index (χ3v) is 8.39. The number of amides is 2. The molecular weight excluding hydrogens is 466 g/mol. The molecule has 34 heavy (non-hydrogen) atoms. The Morgan fingerprint density at radius 1 is 0.882 bits per heavy atom. The van der Waals surface area contributed by atoms with E-state index in [0.717, 1.165) is 36.8 Å². The number of carbonyl (C=O) groups is 2. The highest BCUT2D eigenvalue weighted by Crippen LogP contribution is 2.36. The van der Waals surface area contributed by atoms with Gasteiger partial charge in [-0.15, -0.1) is 11.3 Å². The minimum absolute atomic E-state index is 0.0399. The molecule has 6 rings (SSSR count). The van der Waals surface area contributed by atoms with Gasteiger partial charge in [0.25, 0.3) is 17.4 Å². The van der Waals surface area contributed by atoms with Crippen molar-refractivity contribution >= 4 is 45.1 Å². The Bertz CT molecular complexity index is 1450. The van der Waals surface area contributed by atoms with Crippen LogP contribution >= 0.6 is 23.1 Å². The maximum absolute atomic E-state index is 13.9. The van der Waals surface area contributed by atoms with Crippen LogP contribution < -0.4 is 5.56 Å². The van der Waals surface area contributed by atoms with E-state index in [1.807, 2.05) is 40.3 Å². The molecule has 0 atom stereocenters. The summed E-state index contributed by atoms with van der Waals surface area (Å²) in [5, 5.41) is 3.21. The standard InChI is InChI=1S/C26H21N3O3S2/c30-23-18-12-6-7-13-19(18)24(31)28(23)15-34-26-27-22-21(25(32)29(26)17-10-4-5-11-17)20(14-33-22)16-8-2-1-3-9-16/h1-3,6-9,12-14,17H,4-5,10-11,15H2. The number of hydrogen-bond acceptors (Lipinski definition) is 6. The molecule has 2 aromatic heterocycles. The fourth-order valence-electron chi connectivity index (χ4n) is 4.88. The smallest absolute Gasteiger partial charge is 0.263 e. The van der Waals surface area contributed by atoms with Crippen molar-refractivity contribution in [2.24, 2.45) is 0 Å². The molecule has 0 spiro atoms. The molecule has 0 N–H and O–H groups in total. The minimum Gasteiger partial charge on any atom is -0.284 e. The number of benzene rings is 2. The molecule has 8 heteroatoms. The van der Waals surface area contributed by atoms with E-state index < -0.39 is 0 Å². The van der Waals surface area contributed by atoms with E-state index in [2.05, 4.69) is 0 Å². The van der Waals surface area contributed by atoms with Crippen LogP contribution in [-0.2, 0) is 0 Å². The molecule has 6 nitrogen and oxygen atoms in total. The van der Waals surface area contributed by atoms with E-state index in [0.29, 0.717) is 26.5 Å². The van der Waals surface area contributed by atoms with Gasteiger partial charge in [0, 0.05) is 17.0 Å². The molecule has 0 unspecified atom stereocenters. The first kappa shape index (κ1) is 21.3. The molecule has 1 aliphatic heterocycles. The summed E-state index contributed by atoms with van der Waals surface area (Å²) in [6.07, 6.45) is 4.01. The topological polar surface area (TPSA) is 72.3 Å². The number of imide groups is 1. The Morgan fingerprint density at radius 2 is 1.53 bits per heavy atom. The summed E-state index contributed by atoms with van der Waals surface area (Å²) in [6.45, 7) is 0. The van der Waals surface area contributed by atoms with Gasteiger partial charge in [-0.05, 0) is 30.5 Å². The summed E-state index contributed by atoms with van der Waals surface area (Å²) in [4.78, 5) is 46.3. The van der Waals surface area contributed by atoms with Crippen LogP contribution in [0, 0.1) is 0 Å². The number of fused-ring (bicyclic) bond motifs is 2. The fourth-order valence-corrected chi connectivity index (χ4v) is 6.88. The van der Waals surface area contributed by atoms with E-state index in [-0.39, 0.29) is 29.3 Å². The lowest BCUT2D eigenvalue weighted by Gasteiger charge is -2.20. The zero-order valence-corrected chi connectivity index (χ0v) is 19.9. The van der Waals surface area contributed by atoms with Crippen LogP contribution in [0.4, 0.5) is 0 Å². The molecular formula is C26H21N3O3S2. The van der Waals surface area contributed by atoms with Crippen LogP contribution in [-0.4, -0.2) is 32.1 Å². The number of hydrogen-bond donors (Lipinski definition) is 0. The third-order valence-electron chi connectivity index (χ3n) is 6.58. The SMILES string of the molecule is O=C1c2ccccc2C(=O)N1CSc1nc2scc(-c3ccccc3)c2c(=O)n1C1CCCC1. The molecule has 170 valence electrons. The zero-order chi connectivity index (χ0) is 23.2. The summed E-state index contributed by atoms with van der Waals surface area (Å²) in [7, 11) is 0. The van der Waals surface area contributed by atoms with Gasteiger partial charge >= 0.3 is 0 Å². The Hall–Kier alpha value is -3.23. The molecule has 2 amide bonds. The quantitative estimate of drug-likeness (QED) is 0.209. The zero-order valence-electron chi connectivity index (χ0n) is 18.3. The van der Waals surface area contributed by atoms with Crippen LogP contribution in [0.1, 0.15) is 52.4 Å². The van der Waals surface area contributed by atoms with Gasteiger partial charge in [-0.2, -0.15) is 0 Å². The second-order valence-electron chi connectivity index (χ2n) is 8.56. The summed E-state index contributed by atoms with van der Waals surface area (Å²) < 4.78 is 1.82. The molecule has 2 aromatic carbocycles. The normalized spacial score (nSPS) is 16.1. The molecule has 0 bridgehead atoms. The van der Waals surface area contributed by atoms with Gasteiger partial charge in [-0.1, -0.05) is 67.1 Å². The highest BCUT2D eigenvalue weighted by molar-refractivity contribution is 7.99. The van der Waals surface area contributed by atoms with Crippen LogP contribution in [0.2, 0.25) is 0 Å². The van der Waals surface area contributed by atoms with E-state index in [1.54, 1.807) is 24.3 Å². The fraction of sp³-hybridized carbons (Fsp3) is 0.231. The maximum Gasteiger partial charge on any atom is 0.263 e. The lowest BCUT2D eigenvalue weighted by Crippen LogP contribution is -2.31. The van der Waals surface area contributed by atoms with E-state index in [4.69, 9.17) is 4.98 Å². The van der Waals surface area contributed by atoms with Gasteiger partial charge in [0.2, 0.25) is 0 Å². The van der Waals surface area contributed by atoms with Gasteiger partial charge < -0.3 is 0 Å². The van der Waals surface area contributed by atoms with E-state index in [1.165, 1.54) is 28.0 Å². The van der Waals surface area contributed by atoms with Crippen molar-refractivity contribution in [2.45, 2.75) is 36.9 Å². The molecule has 0 saturated heterocycles. The molecule has 2 aliphatic rings. The highest BCUT2D eigenvalue weighted by Gasteiger charge is 2.35. The number of nitrogens with zero attached hydrogens (tertiary/aromatic N) is 3. The summed E-state index contributed by atoms with van der Waals surface area (Å²) in [5.74, 6) is -0.480. The third kappa shape index (κ3) is 3.40.